The molecule has 1 unspecified atom stereocenters. The molecule has 0 spiro atoms. The normalized spacial score (nSPS) is 15.4. The summed E-state index contributed by atoms with van der Waals surface area (Å²) in [6.07, 6.45) is 3.08. The van der Waals surface area contributed by atoms with Crippen molar-refractivity contribution in [2.45, 2.75) is 13.0 Å². The van der Waals surface area contributed by atoms with E-state index in [0.717, 1.165) is 5.69 Å². The molecule has 0 fully saturated rings. The number of carbonyl (C=O) groups is 3. The summed E-state index contributed by atoms with van der Waals surface area (Å²) in [4.78, 5) is 37.6. The second kappa shape index (κ2) is 9.77. The van der Waals surface area contributed by atoms with Gasteiger partial charge >= 0.3 is 18.0 Å². The molecule has 2 heterocycles. The standard InChI is InChI=1S/C23H21N5O5/c1-2-32-22(30)19-18(26-23(31)27-20(19)15-6-4-3-5-7-15)12-33-21(29)16-8-10-17(11-9-16)28-13-24-25-14-28/h3-11,13-14,20H,2,12H2,1H3,(H2,26,27,31). The molecule has 3 aromatic rings. The van der Waals surface area contributed by atoms with Crippen LogP contribution >= 0.6 is 0 Å². The summed E-state index contributed by atoms with van der Waals surface area (Å²) >= 11 is 0. The molecule has 2 N–H and O–H groups in total. The first-order valence-electron chi connectivity index (χ1n) is 10.2. The van der Waals surface area contributed by atoms with Gasteiger partial charge in [-0.2, -0.15) is 0 Å². The van der Waals surface area contributed by atoms with Crippen molar-refractivity contribution >= 4 is 18.0 Å². The quantitative estimate of drug-likeness (QED) is 0.533. The van der Waals surface area contributed by atoms with E-state index in [9.17, 15) is 14.4 Å². The molecule has 10 heteroatoms. The Kier molecular flexibility index (Phi) is 6.44. The molecule has 2 aromatic carbocycles. The molecule has 10 nitrogen and oxygen atoms in total. The Morgan fingerprint density at radius 1 is 0.970 bits per heavy atom. The first-order chi connectivity index (χ1) is 16.1. The highest BCUT2D eigenvalue weighted by Crippen LogP contribution is 2.28. The van der Waals surface area contributed by atoms with Crippen molar-refractivity contribution in [1.82, 2.24) is 25.4 Å². The van der Waals surface area contributed by atoms with E-state index in [1.807, 2.05) is 6.07 Å². The molecule has 1 aliphatic heterocycles. The average molecular weight is 447 g/mol. The Morgan fingerprint density at radius 2 is 1.67 bits per heavy atom. The zero-order valence-corrected chi connectivity index (χ0v) is 17.7. The fourth-order valence-electron chi connectivity index (χ4n) is 3.40. The SMILES string of the molecule is CCOC(=O)C1=C(COC(=O)c2ccc(-n3cnnc3)cc2)NC(=O)NC1c1ccccc1. The Hall–Kier alpha value is -4.47. The van der Waals surface area contributed by atoms with Crippen LogP contribution in [-0.2, 0) is 14.3 Å². The van der Waals surface area contributed by atoms with Crippen molar-refractivity contribution in [2.24, 2.45) is 0 Å². The first-order valence-corrected chi connectivity index (χ1v) is 10.2. The number of nitrogens with one attached hydrogen (secondary N) is 2. The van der Waals surface area contributed by atoms with Crippen LogP contribution in [0.15, 0.2) is 78.5 Å². The predicted octanol–water partition coefficient (Wildman–Crippen LogP) is 2.30. The molecule has 4 rings (SSSR count). The number of hydrogen-bond donors (Lipinski definition) is 2. The van der Waals surface area contributed by atoms with Crippen LogP contribution in [-0.4, -0.2) is 45.9 Å². The van der Waals surface area contributed by atoms with Gasteiger partial charge in [0.05, 0.1) is 29.5 Å². The van der Waals surface area contributed by atoms with Gasteiger partial charge in [-0.25, -0.2) is 14.4 Å². The molecule has 0 radical (unpaired) electrons. The smallest absolute Gasteiger partial charge is 0.338 e. The summed E-state index contributed by atoms with van der Waals surface area (Å²) in [6, 6.07) is 14.4. The molecule has 1 atom stereocenters. The van der Waals surface area contributed by atoms with Crippen LogP contribution in [0.1, 0.15) is 28.9 Å². The molecule has 0 saturated carbocycles. The van der Waals surface area contributed by atoms with Crippen molar-refractivity contribution in [1.29, 1.82) is 0 Å². The Bertz CT molecular complexity index is 1170. The topological polar surface area (TPSA) is 124 Å². The van der Waals surface area contributed by atoms with E-state index in [2.05, 4.69) is 20.8 Å². The number of aromatic nitrogens is 3. The van der Waals surface area contributed by atoms with Gasteiger partial charge in [0.1, 0.15) is 19.3 Å². The van der Waals surface area contributed by atoms with Crippen LogP contribution in [0.3, 0.4) is 0 Å². The van der Waals surface area contributed by atoms with Gasteiger partial charge in [0.15, 0.2) is 0 Å². The van der Waals surface area contributed by atoms with Gasteiger partial charge in [0, 0.05) is 5.69 Å². The summed E-state index contributed by atoms with van der Waals surface area (Å²) < 4.78 is 12.3. The highest BCUT2D eigenvalue weighted by atomic mass is 16.5. The zero-order valence-electron chi connectivity index (χ0n) is 17.7. The third kappa shape index (κ3) is 4.90. The summed E-state index contributed by atoms with van der Waals surface area (Å²) in [5, 5.41) is 12.8. The fraction of sp³-hybridized carbons (Fsp3) is 0.174. The molecule has 1 aliphatic rings. The molecule has 0 bridgehead atoms. The third-order valence-corrected chi connectivity index (χ3v) is 4.95. The van der Waals surface area contributed by atoms with E-state index in [1.165, 1.54) is 0 Å². The molecular weight excluding hydrogens is 426 g/mol. The lowest BCUT2D eigenvalue weighted by atomic mass is 9.95. The Morgan fingerprint density at radius 3 is 2.33 bits per heavy atom. The Labute approximate surface area is 189 Å². The number of carbonyl (C=O) groups excluding carboxylic acids is 3. The van der Waals surface area contributed by atoms with Gasteiger partial charge in [-0.15, -0.1) is 10.2 Å². The number of hydrogen-bond acceptors (Lipinski definition) is 7. The molecule has 1 aromatic heterocycles. The van der Waals surface area contributed by atoms with Crippen LogP contribution in [0.2, 0.25) is 0 Å². The van der Waals surface area contributed by atoms with E-state index in [-0.39, 0.29) is 24.5 Å². The lowest BCUT2D eigenvalue weighted by molar-refractivity contribution is -0.139. The van der Waals surface area contributed by atoms with Crippen LogP contribution in [0.25, 0.3) is 5.69 Å². The van der Waals surface area contributed by atoms with E-state index in [0.29, 0.717) is 11.1 Å². The number of esters is 2. The highest BCUT2D eigenvalue weighted by molar-refractivity contribution is 5.95. The van der Waals surface area contributed by atoms with Crippen molar-refractivity contribution < 1.29 is 23.9 Å². The summed E-state index contributed by atoms with van der Waals surface area (Å²) in [5.41, 5.74) is 2.13. The van der Waals surface area contributed by atoms with Gasteiger partial charge in [-0.3, -0.25) is 4.57 Å². The van der Waals surface area contributed by atoms with Gasteiger partial charge in [-0.05, 0) is 36.8 Å². The second-order valence-corrected chi connectivity index (χ2v) is 7.05. The molecular formula is C23H21N5O5. The minimum Gasteiger partial charge on any atom is -0.463 e. The molecule has 168 valence electrons. The van der Waals surface area contributed by atoms with Crippen LogP contribution in [0, 0.1) is 0 Å². The van der Waals surface area contributed by atoms with Crippen LogP contribution < -0.4 is 10.6 Å². The van der Waals surface area contributed by atoms with Crippen LogP contribution in [0.4, 0.5) is 4.79 Å². The van der Waals surface area contributed by atoms with Gasteiger partial charge < -0.3 is 20.1 Å². The second-order valence-electron chi connectivity index (χ2n) is 7.05. The van der Waals surface area contributed by atoms with Gasteiger partial charge in [0.2, 0.25) is 0 Å². The maximum absolute atomic E-state index is 12.7. The van der Waals surface area contributed by atoms with Crippen molar-refractivity contribution in [2.75, 3.05) is 13.2 Å². The monoisotopic (exact) mass is 447 g/mol. The minimum absolute atomic E-state index is 0.156. The van der Waals surface area contributed by atoms with E-state index < -0.39 is 24.0 Å². The number of benzene rings is 2. The average Bonchev–Trinajstić information content (AvgIpc) is 3.38. The first kappa shape index (κ1) is 21.8. The number of urea groups is 1. The zero-order chi connectivity index (χ0) is 23.2. The summed E-state index contributed by atoms with van der Waals surface area (Å²) in [5.74, 6) is -1.21. The van der Waals surface area contributed by atoms with Crippen LogP contribution in [0.5, 0.6) is 0 Å². The molecule has 0 aliphatic carbocycles. The lowest BCUT2D eigenvalue weighted by Gasteiger charge is -2.29. The highest BCUT2D eigenvalue weighted by Gasteiger charge is 2.34. The maximum Gasteiger partial charge on any atom is 0.338 e. The van der Waals surface area contributed by atoms with Crippen molar-refractivity contribution in [3.05, 3.63) is 89.6 Å². The third-order valence-electron chi connectivity index (χ3n) is 4.95. The summed E-state index contributed by atoms with van der Waals surface area (Å²) in [6.45, 7) is 1.54. The van der Waals surface area contributed by atoms with E-state index >= 15 is 0 Å². The maximum atomic E-state index is 12.7. The minimum atomic E-state index is -0.740. The number of ether oxygens (including phenoxy) is 2. The van der Waals surface area contributed by atoms with Crippen molar-refractivity contribution in [3.8, 4) is 5.69 Å². The van der Waals surface area contributed by atoms with Gasteiger partial charge in [-0.1, -0.05) is 30.3 Å². The fourth-order valence-corrected chi connectivity index (χ4v) is 3.40. The number of amides is 2. The van der Waals surface area contributed by atoms with Gasteiger partial charge in [0.25, 0.3) is 0 Å². The van der Waals surface area contributed by atoms with Crippen molar-refractivity contribution in [3.63, 3.8) is 0 Å². The largest absolute Gasteiger partial charge is 0.463 e. The van der Waals surface area contributed by atoms with E-state index in [4.69, 9.17) is 9.47 Å². The number of nitrogens with zero attached hydrogens (tertiary/aromatic N) is 3. The Balaban J connectivity index is 1.56. The molecule has 0 saturated heterocycles. The van der Waals surface area contributed by atoms with E-state index in [1.54, 1.807) is 72.7 Å². The molecule has 33 heavy (non-hydrogen) atoms. The molecule has 2 amide bonds. The number of rotatable bonds is 7. The lowest BCUT2D eigenvalue weighted by Crippen LogP contribution is -2.47. The summed E-state index contributed by atoms with van der Waals surface area (Å²) in [7, 11) is 0. The predicted molar refractivity (Wildman–Crippen MR) is 116 cm³/mol.